The Labute approximate surface area is 122 Å². The zero-order chi connectivity index (χ0) is 14.8. The summed E-state index contributed by atoms with van der Waals surface area (Å²) in [6.07, 6.45) is 1.70. The zero-order valence-corrected chi connectivity index (χ0v) is 11.8. The van der Waals surface area contributed by atoms with Gasteiger partial charge in [-0.2, -0.15) is 5.10 Å². The molecule has 21 heavy (non-hydrogen) atoms. The molecule has 3 rings (SSSR count). The summed E-state index contributed by atoms with van der Waals surface area (Å²) in [7, 11) is 0. The highest BCUT2D eigenvalue weighted by atomic mass is 19.1. The maximum Gasteiger partial charge on any atom is 0.133 e. The molecule has 1 aromatic heterocycles. The molecule has 106 valence electrons. The lowest BCUT2D eigenvalue weighted by molar-refractivity contribution is 0.631. The molecule has 0 aliphatic rings. The van der Waals surface area contributed by atoms with E-state index in [1.54, 1.807) is 18.3 Å². The normalized spacial score (nSPS) is 10.8. The van der Waals surface area contributed by atoms with Crippen molar-refractivity contribution in [2.24, 2.45) is 0 Å². The third kappa shape index (κ3) is 2.65. The van der Waals surface area contributed by atoms with Crippen molar-refractivity contribution in [3.8, 4) is 11.1 Å². The van der Waals surface area contributed by atoms with Crippen LogP contribution in [0.15, 0.2) is 54.7 Å². The number of anilines is 1. The fraction of sp³-hybridized carbons (Fsp3) is 0.118. The topological polar surface area (TPSA) is 43.8 Å². The van der Waals surface area contributed by atoms with E-state index in [9.17, 15) is 4.39 Å². The van der Waals surface area contributed by atoms with Gasteiger partial charge in [-0.25, -0.2) is 4.39 Å². The molecule has 2 aromatic carbocycles. The van der Waals surface area contributed by atoms with Gasteiger partial charge in [0.05, 0.1) is 12.7 Å². The van der Waals surface area contributed by atoms with Crippen molar-refractivity contribution in [3.63, 3.8) is 0 Å². The molecule has 0 aliphatic heterocycles. The van der Waals surface area contributed by atoms with E-state index in [2.05, 4.69) is 5.10 Å². The molecule has 0 atom stereocenters. The van der Waals surface area contributed by atoms with Crippen LogP contribution in [0.25, 0.3) is 11.1 Å². The van der Waals surface area contributed by atoms with E-state index in [1.165, 1.54) is 6.07 Å². The Hall–Kier alpha value is -2.62. The summed E-state index contributed by atoms with van der Waals surface area (Å²) in [5.74, 6) is -0.322. The van der Waals surface area contributed by atoms with Crippen molar-refractivity contribution >= 4 is 5.69 Å². The molecule has 0 spiro atoms. The van der Waals surface area contributed by atoms with Crippen LogP contribution in [0, 0.1) is 12.7 Å². The summed E-state index contributed by atoms with van der Waals surface area (Å²) >= 11 is 0. The van der Waals surface area contributed by atoms with Gasteiger partial charge in [-0.15, -0.1) is 0 Å². The Balaban J connectivity index is 1.96. The average Bonchev–Trinajstić information content (AvgIpc) is 2.82. The fourth-order valence-corrected chi connectivity index (χ4v) is 2.38. The van der Waals surface area contributed by atoms with Crippen LogP contribution >= 0.6 is 0 Å². The third-order valence-electron chi connectivity index (χ3n) is 3.56. The van der Waals surface area contributed by atoms with Gasteiger partial charge in [-0.05, 0) is 30.7 Å². The van der Waals surface area contributed by atoms with Crippen LogP contribution in [-0.2, 0) is 6.54 Å². The lowest BCUT2D eigenvalue weighted by Crippen LogP contribution is -2.03. The van der Waals surface area contributed by atoms with Gasteiger partial charge in [0, 0.05) is 22.5 Å². The van der Waals surface area contributed by atoms with Crippen LogP contribution in [0.1, 0.15) is 11.3 Å². The molecule has 0 saturated carbocycles. The predicted molar refractivity (Wildman–Crippen MR) is 82.3 cm³/mol. The van der Waals surface area contributed by atoms with Gasteiger partial charge in [0.25, 0.3) is 0 Å². The summed E-state index contributed by atoms with van der Waals surface area (Å²) in [5, 5.41) is 4.37. The predicted octanol–water partition coefficient (Wildman–Crippen LogP) is 3.63. The zero-order valence-electron chi connectivity index (χ0n) is 11.8. The number of hydrogen-bond donors (Lipinski definition) is 1. The summed E-state index contributed by atoms with van der Waals surface area (Å²) < 4.78 is 15.9. The molecular formula is C17H16FN3. The van der Waals surface area contributed by atoms with Crippen LogP contribution in [0.5, 0.6) is 0 Å². The molecule has 0 saturated heterocycles. The van der Waals surface area contributed by atoms with E-state index in [4.69, 9.17) is 5.73 Å². The summed E-state index contributed by atoms with van der Waals surface area (Å²) in [6.45, 7) is 2.62. The highest BCUT2D eigenvalue weighted by Gasteiger charge is 2.12. The second-order valence-electron chi connectivity index (χ2n) is 5.03. The smallest absolute Gasteiger partial charge is 0.133 e. The van der Waals surface area contributed by atoms with Gasteiger partial charge in [0.2, 0.25) is 0 Å². The summed E-state index contributed by atoms with van der Waals surface area (Å²) in [4.78, 5) is 0. The Morgan fingerprint density at radius 1 is 1.10 bits per heavy atom. The third-order valence-corrected chi connectivity index (χ3v) is 3.56. The maximum absolute atomic E-state index is 14.0. The largest absolute Gasteiger partial charge is 0.399 e. The Kier molecular flexibility index (Phi) is 3.44. The minimum Gasteiger partial charge on any atom is -0.399 e. The number of halogens is 1. The van der Waals surface area contributed by atoms with Gasteiger partial charge < -0.3 is 5.73 Å². The first kappa shape index (κ1) is 13.4. The number of rotatable bonds is 3. The first-order valence-corrected chi connectivity index (χ1v) is 6.77. The lowest BCUT2D eigenvalue weighted by atomic mass is 10.1. The Morgan fingerprint density at radius 3 is 2.57 bits per heavy atom. The van der Waals surface area contributed by atoms with Gasteiger partial charge in [-0.1, -0.05) is 30.3 Å². The van der Waals surface area contributed by atoms with Gasteiger partial charge in [0.1, 0.15) is 5.82 Å². The SMILES string of the molecule is Cc1c(-c2ccc(N)cc2F)cnn1Cc1ccccc1. The molecule has 3 nitrogen and oxygen atoms in total. The molecule has 0 radical (unpaired) electrons. The maximum atomic E-state index is 14.0. The first-order chi connectivity index (χ1) is 10.1. The highest BCUT2D eigenvalue weighted by molar-refractivity contribution is 5.67. The number of aromatic nitrogens is 2. The van der Waals surface area contributed by atoms with Crippen molar-refractivity contribution in [2.75, 3.05) is 5.73 Å². The molecular weight excluding hydrogens is 265 g/mol. The molecule has 4 heteroatoms. The second-order valence-corrected chi connectivity index (χ2v) is 5.03. The van der Waals surface area contributed by atoms with Gasteiger partial charge in [0.15, 0.2) is 0 Å². The van der Waals surface area contributed by atoms with Gasteiger partial charge >= 0.3 is 0 Å². The first-order valence-electron chi connectivity index (χ1n) is 6.77. The van der Waals surface area contributed by atoms with E-state index in [0.717, 1.165) is 16.8 Å². The Bertz CT molecular complexity index is 763. The van der Waals surface area contributed by atoms with Crippen LogP contribution < -0.4 is 5.73 Å². The fourth-order valence-electron chi connectivity index (χ4n) is 2.38. The van der Waals surface area contributed by atoms with Crippen LogP contribution in [-0.4, -0.2) is 9.78 Å². The minimum absolute atomic E-state index is 0.322. The summed E-state index contributed by atoms with van der Waals surface area (Å²) in [6, 6.07) is 14.8. The molecule has 2 N–H and O–H groups in total. The number of nitrogens with zero attached hydrogens (tertiary/aromatic N) is 2. The summed E-state index contributed by atoms with van der Waals surface area (Å²) in [5.41, 5.74) is 9.43. The van der Waals surface area contributed by atoms with Gasteiger partial charge in [-0.3, -0.25) is 4.68 Å². The second kappa shape index (κ2) is 5.40. The van der Waals surface area contributed by atoms with Crippen LogP contribution in [0.2, 0.25) is 0 Å². The number of benzene rings is 2. The minimum atomic E-state index is -0.322. The lowest BCUT2D eigenvalue weighted by Gasteiger charge is -2.07. The molecule has 0 aliphatic carbocycles. The molecule has 0 bridgehead atoms. The van der Waals surface area contributed by atoms with Crippen molar-refractivity contribution in [1.29, 1.82) is 0 Å². The van der Waals surface area contributed by atoms with E-state index in [-0.39, 0.29) is 5.82 Å². The van der Waals surface area contributed by atoms with E-state index in [1.807, 2.05) is 41.9 Å². The van der Waals surface area contributed by atoms with E-state index >= 15 is 0 Å². The average molecular weight is 281 g/mol. The van der Waals surface area contributed by atoms with E-state index < -0.39 is 0 Å². The highest BCUT2D eigenvalue weighted by Crippen LogP contribution is 2.27. The number of hydrogen-bond acceptors (Lipinski definition) is 2. The molecule has 3 aromatic rings. The van der Waals surface area contributed by atoms with Crippen LogP contribution in [0.4, 0.5) is 10.1 Å². The van der Waals surface area contributed by atoms with Crippen molar-refractivity contribution in [2.45, 2.75) is 13.5 Å². The monoisotopic (exact) mass is 281 g/mol. The van der Waals surface area contributed by atoms with Crippen LogP contribution in [0.3, 0.4) is 0 Å². The van der Waals surface area contributed by atoms with E-state index in [0.29, 0.717) is 17.8 Å². The molecule has 1 heterocycles. The standard InChI is InChI=1S/C17H16FN3/c1-12-16(15-8-7-14(19)9-17(15)18)10-20-21(12)11-13-5-3-2-4-6-13/h2-10H,11,19H2,1H3. The van der Waals surface area contributed by atoms with Crippen molar-refractivity contribution in [1.82, 2.24) is 9.78 Å². The molecule has 0 amide bonds. The van der Waals surface area contributed by atoms with Crippen molar-refractivity contribution in [3.05, 3.63) is 71.8 Å². The molecule has 0 unspecified atom stereocenters. The molecule has 0 fully saturated rings. The number of nitrogens with two attached hydrogens (primary N) is 1. The van der Waals surface area contributed by atoms with Crippen molar-refractivity contribution < 1.29 is 4.39 Å². The Morgan fingerprint density at radius 2 is 1.86 bits per heavy atom. The number of nitrogen functional groups attached to an aromatic ring is 1. The quantitative estimate of drug-likeness (QED) is 0.745.